The predicted octanol–water partition coefficient (Wildman–Crippen LogP) is 2.62. The number of nitrogens with one attached hydrogen (secondary N) is 1. The molecule has 0 aliphatic carbocycles. The van der Waals surface area contributed by atoms with Gasteiger partial charge in [-0.25, -0.2) is 13.6 Å². The van der Waals surface area contributed by atoms with Gasteiger partial charge in [0.2, 0.25) is 0 Å². The minimum atomic E-state index is -1.37. The number of amides is 1. The molecular formula is C14H9F2NO4. The molecule has 21 heavy (non-hydrogen) atoms. The molecule has 1 amide bonds. The number of aromatic carboxylic acids is 1. The number of hydrogen-bond donors (Lipinski definition) is 3. The summed E-state index contributed by atoms with van der Waals surface area (Å²) in [5.74, 6) is -4.39. The minimum Gasteiger partial charge on any atom is -0.508 e. The Morgan fingerprint density at radius 1 is 1.00 bits per heavy atom. The van der Waals surface area contributed by atoms with Gasteiger partial charge < -0.3 is 15.5 Å². The fraction of sp³-hybridized carbons (Fsp3) is 0. The molecule has 0 unspecified atom stereocenters. The van der Waals surface area contributed by atoms with Crippen LogP contribution in [-0.4, -0.2) is 22.1 Å². The summed E-state index contributed by atoms with van der Waals surface area (Å²) in [4.78, 5) is 22.9. The van der Waals surface area contributed by atoms with E-state index < -0.39 is 23.5 Å². The molecule has 0 heterocycles. The maximum Gasteiger partial charge on any atom is 0.337 e. The third-order valence-corrected chi connectivity index (χ3v) is 2.61. The number of carbonyl (C=O) groups excluding carboxylic acids is 1. The number of carbonyl (C=O) groups is 2. The fourth-order valence-corrected chi connectivity index (χ4v) is 1.70. The number of hydrogen-bond acceptors (Lipinski definition) is 3. The molecular weight excluding hydrogens is 284 g/mol. The smallest absolute Gasteiger partial charge is 0.337 e. The van der Waals surface area contributed by atoms with Crippen LogP contribution in [0.4, 0.5) is 14.5 Å². The normalized spacial score (nSPS) is 10.2. The molecule has 2 aromatic rings. The Morgan fingerprint density at radius 3 is 2.19 bits per heavy atom. The number of benzene rings is 2. The van der Waals surface area contributed by atoms with Gasteiger partial charge in [-0.1, -0.05) is 0 Å². The van der Waals surface area contributed by atoms with E-state index in [1.54, 1.807) is 0 Å². The molecule has 0 radical (unpaired) electrons. The Balaban J connectivity index is 2.33. The van der Waals surface area contributed by atoms with Crippen molar-refractivity contribution in [3.05, 3.63) is 59.2 Å². The molecule has 0 aliphatic rings. The number of halogens is 2. The molecule has 0 saturated heterocycles. The van der Waals surface area contributed by atoms with Gasteiger partial charge >= 0.3 is 5.97 Å². The lowest BCUT2D eigenvalue weighted by molar-refractivity contribution is 0.0697. The third-order valence-electron chi connectivity index (χ3n) is 2.61. The molecule has 3 N–H and O–H groups in total. The highest BCUT2D eigenvalue weighted by molar-refractivity contribution is 6.07. The number of rotatable bonds is 3. The quantitative estimate of drug-likeness (QED) is 0.759. The Morgan fingerprint density at radius 2 is 1.62 bits per heavy atom. The fourth-order valence-electron chi connectivity index (χ4n) is 1.70. The topological polar surface area (TPSA) is 86.6 Å². The molecule has 0 bridgehead atoms. The summed E-state index contributed by atoms with van der Waals surface area (Å²) in [6.07, 6.45) is 0. The number of phenols is 1. The summed E-state index contributed by atoms with van der Waals surface area (Å²) < 4.78 is 26.1. The van der Waals surface area contributed by atoms with Gasteiger partial charge in [0, 0.05) is 11.6 Å². The van der Waals surface area contributed by atoms with Crippen LogP contribution in [0, 0.1) is 11.6 Å². The standard InChI is InChI=1S/C14H9F2NO4/c15-8-3-7(4-9(16)5-8)13(19)17-12-2-1-10(18)6-11(12)14(20)21/h1-6,18H,(H,17,19)(H,20,21). The minimum absolute atomic E-state index is 0.102. The second kappa shape index (κ2) is 5.58. The van der Waals surface area contributed by atoms with Crippen molar-refractivity contribution in [2.75, 3.05) is 5.32 Å². The van der Waals surface area contributed by atoms with Crippen molar-refractivity contribution < 1.29 is 28.6 Å². The molecule has 0 fully saturated rings. The Labute approximate surface area is 117 Å². The van der Waals surface area contributed by atoms with Gasteiger partial charge in [0.1, 0.15) is 17.4 Å². The largest absolute Gasteiger partial charge is 0.508 e. The zero-order valence-corrected chi connectivity index (χ0v) is 10.4. The van der Waals surface area contributed by atoms with E-state index in [-0.39, 0.29) is 22.6 Å². The zero-order valence-electron chi connectivity index (χ0n) is 10.4. The van der Waals surface area contributed by atoms with Gasteiger partial charge in [-0.15, -0.1) is 0 Å². The summed E-state index contributed by atoms with van der Waals surface area (Å²) >= 11 is 0. The molecule has 0 spiro atoms. The van der Waals surface area contributed by atoms with Gasteiger partial charge in [0.05, 0.1) is 11.3 Å². The number of phenolic OH excluding ortho intramolecular Hbond substituents is 1. The van der Waals surface area contributed by atoms with Crippen molar-refractivity contribution in [2.45, 2.75) is 0 Å². The van der Waals surface area contributed by atoms with E-state index in [1.165, 1.54) is 12.1 Å². The highest BCUT2D eigenvalue weighted by Crippen LogP contribution is 2.22. The van der Waals surface area contributed by atoms with Gasteiger partial charge in [-0.05, 0) is 30.3 Å². The molecule has 108 valence electrons. The maximum atomic E-state index is 13.0. The van der Waals surface area contributed by atoms with Gasteiger partial charge in [0.25, 0.3) is 5.91 Å². The van der Waals surface area contributed by atoms with Crippen LogP contribution in [0.15, 0.2) is 36.4 Å². The van der Waals surface area contributed by atoms with E-state index in [0.29, 0.717) is 6.07 Å². The van der Waals surface area contributed by atoms with Crippen LogP contribution in [-0.2, 0) is 0 Å². The zero-order chi connectivity index (χ0) is 15.6. The van der Waals surface area contributed by atoms with E-state index in [4.69, 9.17) is 5.11 Å². The molecule has 2 aromatic carbocycles. The van der Waals surface area contributed by atoms with Crippen LogP contribution in [0.3, 0.4) is 0 Å². The lowest BCUT2D eigenvalue weighted by Crippen LogP contribution is -2.15. The molecule has 7 heteroatoms. The van der Waals surface area contributed by atoms with Gasteiger partial charge in [-0.2, -0.15) is 0 Å². The lowest BCUT2D eigenvalue weighted by atomic mass is 10.1. The predicted molar refractivity (Wildman–Crippen MR) is 69.4 cm³/mol. The van der Waals surface area contributed by atoms with Crippen LogP contribution < -0.4 is 5.32 Å². The molecule has 5 nitrogen and oxygen atoms in total. The van der Waals surface area contributed by atoms with Crippen molar-refractivity contribution in [1.82, 2.24) is 0 Å². The van der Waals surface area contributed by atoms with E-state index in [9.17, 15) is 23.5 Å². The SMILES string of the molecule is O=C(Nc1ccc(O)cc1C(=O)O)c1cc(F)cc(F)c1. The van der Waals surface area contributed by atoms with Gasteiger partial charge in [0.15, 0.2) is 0 Å². The van der Waals surface area contributed by atoms with Gasteiger partial charge in [-0.3, -0.25) is 4.79 Å². The first-order valence-corrected chi connectivity index (χ1v) is 5.70. The summed E-state index contributed by atoms with van der Waals surface area (Å²) in [5, 5.41) is 20.4. The Bertz CT molecular complexity index is 711. The van der Waals surface area contributed by atoms with Crippen molar-refractivity contribution in [3.8, 4) is 5.75 Å². The third kappa shape index (κ3) is 3.33. The summed E-state index contributed by atoms with van der Waals surface area (Å²) in [5.41, 5.74) is -0.743. The highest BCUT2D eigenvalue weighted by atomic mass is 19.1. The number of anilines is 1. The number of carboxylic acid groups (broad SMARTS) is 1. The van der Waals surface area contributed by atoms with Crippen LogP contribution in [0.25, 0.3) is 0 Å². The first kappa shape index (κ1) is 14.4. The number of aromatic hydroxyl groups is 1. The lowest BCUT2D eigenvalue weighted by Gasteiger charge is -2.09. The molecule has 2 rings (SSSR count). The van der Waals surface area contributed by atoms with E-state index in [2.05, 4.69) is 5.32 Å². The molecule has 0 saturated carbocycles. The van der Waals surface area contributed by atoms with Crippen LogP contribution in [0.1, 0.15) is 20.7 Å². The second-order valence-electron chi connectivity index (χ2n) is 4.15. The van der Waals surface area contributed by atoms with Crippen molar-refractivity contribution in [2.24, 2.45) is 0 Å². The monoisotopic (exact) mass is 293 g/mol. The second-order valence-corrected chi connectivity index (χ2v) is 4.15. The first-order valence-electron chi connectivity index (χ1n) is 5.70. The van der Waals surface area contributed by atoms with Crippen molar-refractivity contribution in [1.29, 1.82) is 0 Å². The van der Waals surface area contributed by atoms with Crippen LogP contribution >= 0.6 is 0 Å². The molecule has 0 aromatic heterocycles. The maximum absolute atomic E-state index is 13.0. The Hall–Kier alpha value is -2.96. The first-order chi connectivity index (χ1) is 9.86. The van der Waals surface area contributed by atoms with Crippen molar-refractivity contribution in [3.63, 3.8) is 0 Å². The van der Waals surface area contributed by atoms with Crippen LogP contribution in [0.5, 0.6) is 5.75 Å². The van der Waals surface area contributed by atoms with E-state index in [0.717, 1.165) is 18.2 Å². The van der Waals surface area contributed by atoms with Crippen molar-refractivity contribution >= 4 is 17.6 Å². The summed E-state index contributed by atoms with van der Waals surface area (Å²) in [6, 6.07) is 5.54. The average Bonchev–Trinajstić information content (AvgIpc) is 2.39. The van der Waals surface area contributed by atoms with Crippen LogP contribution in [0.2, 0.25) is 0 Å². The molecule has 0 aliphatic heterocycles. The van der Waals surface area contributed by atoms with E-state index >= 15 is 0 Å². The Kier molecular flexibility index (Phi) is 3.84. The summed E-state index contributed by atoms with van der Waals surface area (Å²) in [7, 11) is 0. The number of carboxylic acids is 1. The summed E-state index contributed by atoms with van der Waals surface area (Å²) in [6.45, 7) is 0. The average molecular weight is 293 g/mol. The van der Waals surface area contributed by atoms with E-state index in [1.807, 2.05) is 0 Å². The highest BCUT2D eigenvalue weighted by Gasteiger charge is 2.15. The molecule has 0 atom stereocenters.